The molecule has 0 radical (unpaired) electrons. The standard InChI is InChI=1S/C29H43N5O9/c35-26-5-4-25(28(37)32-26)34-20-23-22(29(34)38)2-1-3-24(23)31-27(36)21-43-19-18-42-17-16-41-15-14-40-13-12-39-11-10-33-8-6-30-7-9-33/h1-3,25,30H,4-21H2,(H,31,36)(H,32,35,37). The lowest BCUT2D eigenvalue weighted by Gasteiger charge is -2.29. The summed E-state index contributed by atoms with van der Waals surface area (Å²) in [6.45, 7) is 9.36. The summed E-state index contributed by atoms with van der Waals surface area (Å²) < 4.78 is 27.5. The van der Waals surface area contributed by atoms with E-state index < -0.39 is 11.9 Å². The van der Waals surface area contributed by atoms with E-state index in [4.69, 9.17) is 23.7 Å². The molecule has 4 rings (SSSR count). The van der Waals surface area contributed by atoms with Gasteiger partial charge in [0.2, 0.25) is 17.7 Å². The molecule has 3 aliphatic heterocycles. The topological polar surface area (TPSA) is 157 Å². The molecule has 43 heavy (non-hydrogen) atoms. The summed E-state index contributed by atoms with van der Waals surface area (Å²) in [6.07, 6.45) is 0.452. The number of anilines is 1. The molecule has 2 fully saturated rings. The first-order valence-electron chi connectivity index (χ1n) is 14.9. The molecule has 1 unspecified atom stereocenters. The molecule has 1 aromatic rings. The zero-order valence-corrected chi connectivity index (χ0v) is 24.6. The quantitative estimate of drug-likeness (QED) is 0.136. The van der Waals surface area contributed by atoms with Gasteiger partial charge in [0.1, 0.15) is 12.6 Å². The predicted molar refractivity (Wildman–Crippen MR) is 155 cm³/mol. The lowest BCUT2D eigenvalue weighted by Crippen LogP contribution is -2.52. The number of piperidine rings is 1. The van der Waals surface area contributed by atoms with E-state index in [9.17, 15) is 19.2 Å². The van der Waals surface area contributed by atoms with Crippen LogP contribution >= 0.6 is 0 Å². The second-order valence-corrected chi connectivity index (χ2v) is 10.4. The number of amides is 4. The fourth-order valence-electron chi connectivity index (χ4n) is 5.06. The Kier molecular flexibility index (Phi) is 13.8. The maximum absolute atomic E-state index is 12.9. The summed E-state index contributed by atoms with van der Waals surface area (Å²) in [5.74, 6) is -1.49. The van der Waals surface area contributed by atoms with Crippen LogP contribution in [0.15, 0.2) is 18.2 Å². The molecule has 1 aromatic carbocycles. The molecule has 14 heteroatoms. The number of nitrogens with one attached hydrogen (secondary N) is 3. The molecule has 238 valence electrons. The number of imide groups is 1. The molecule has 0 aliphatic carbocycles. The molecule has 1 atom stereocenters. The van der Waals surface area contributed by atoms with Crippen molar-refractivity contribution < 1.29 is 42.9 Å². The average Bonchev–Trinajstić information content (AvgIpc) is 3.34. The van der Waals surface area contributed by atoms with Crippen molar-refractivity contribution in [2.24, 2.45) is 0 Å². The van der Waals surface area contributed by atoms with Gasteiger partial charge in [0.25, 0.3) is 5.91 Å². The van der Waals surface area contributed by atoms with Crippen molar-refractivity contribution in [1.82, 2.24) is 20.4 Å². The highest BCUT2D eigenvalue weighted by atomic mass is 16.6. The van der Waals surface area contributed by atoms with Gasteiger partial charge >= 0.3 is 0 Å². The van der Waals surface area contributed by atoms with Crippen molar-refractivity contribution in [2.75, 3.05) is 104 Å². The Balaban J connectivity index is 0.980. The normalized spacial score (nSPS) is 19.0. The Morgan fingerprint density at radius 2 is 1.49 bits per heavy atom. The van der Waals surface area contributed by atoms with E-state index >= 15 is 0 Å². The smallest absolute Gasteiger partial charge is 0.255 e. The summed E-state index contributed by atoms with van der Waals surface area (Å²) in [4.78, 5) is 52.9. The van der Waals surface area contributed by atoms with Gasteiger partial charge in [-0.05, 0) is 18.6 Å². The van der Waals surface area contributed by atoms with Gasteiger partial charge in [0.05, 0.1) is 59.5 Å². The van der Waals surface area contributed by atoms with Crippen LogP contribution in [0.5, 0.6) is 0 Å². The third kappa shape index (κ3) is 10.6. The number of ether oxygens (including phenoxy) is 5. The zero-order chi connectivity index (χ0) is 30.3. The zero-order valence-electron chi connectivity index (χ0n) is 24.6. The van der Waals surface area contributed by atoms with Crippen LogP contribution in [0.2, 0.25) is 0 Å². The van der Waals surface area contributed by atoms with Gasteiger partial charge in [-0.1, -0.05) is 6.07 Å². The number of nitrogens with zero attached hydrogens (tertiary/aromatic N) is 2. The molecule has 0 bridgehead atoms. The number of hydrogen-bond donors (Lipinski definition) is 3. The molecule has 14 nitrogen and oxygen atoms in total. The predicted octanol–water partition coefficient (Wildman–Crippen LogP) is -0.626. The molecule has 3 heterocycles. The fourth-order valence-corrected chi connectivity index (χ4v) is 5.06. The van der Waals surface area contributed by atoms with E-state index in [2.05, 4.69) is 20.9 Å². The summed E-state index contributed by atoms with van der Waals surface area (Å²) in [6, 6.07) is 4.32. The monoisotopic (exact) mass is 605 g/mol. The summed E-state index contributed by atoms with van der Waals surface area (Å²) in [7, 11) is 0. The Morgan fingerprint density at radius 3 is 2.14 bits per heavy atom. The molecular weight excluding hydrogens is 562 g/mol. The molecular formula is C29H43N5O9. The first-order chi connectivity index (χ1) is 21.0. The number of piperazine rings is 1. The molecule has 0 spiro atoms. The van der Waals surface area contributed by atoms with Gasteiger partial charge in [-0.15, -0.1) is 0 Å². The first kappa shape index (κ1) is 32.9. The third-order valence-electron chi connectivity index (χ3n) is 7.34. The van der Waals surface area contributed by atoms with Crippen molar-refractivity contribution in [1.29, 1.82) is 0 Å². The van der Waals surface area contributed by atoms with Gasteiger partial charge in [0, 0.05) is 62.5 Å². The van der Waals surface area contributed by atoms with Crippen molar-refractivity contribution in [3.8, 4) is 0 Å². The summed E-state index contributed by atoms with van der Waals surface area (Å²) in [5, 5.41) is 8.40. The lowest BCUT2D eigenvalue weighted by atomic mass is 10.0. The van der Waals surface area contributed by atoms with E-state index in [1.807, 2.05) is 0 Å². The third-order valence-corrected chi connectivity index (χ3v) is 7.34. The van der Waals surface area contributed by atoms with Crippen LogP contribution < -0.4 is 16.0 Å². The van der Waals surface area contributed by atoms with Crippen molar-refractivity contribution in [2.45, 2.75) is 25.4 Å². The highest BCUT2D eigenvalue weighted by Crippen LogP contribution is 2.32. The number of rotatable bonds is 19. The highest BCUT2D eigenvalue weighted by Gasteiger charge is 2.39. The Labute approximate surface area is 251 Å². The Hall–Kier alpha value is -2.98. The molecule has 2 saturated heterocycles. The maximum Gasteiger partial charge on any atom is 0.255 e. The highest BCUT2D eigenvalue weighted by molar-refractivity contribution is 6.06. The maximum atomic E-state index is 12.9. The largest absolute Gasteiger partial charge is 0.378 e. The number of carbonyl (C=O) groups is 4. The van der Waals surface area contributed by atoms with Crippen LogP contribution in [0.4, 0.5) is 5.69 Å². The minimum absolute atomic E-state index is 0.172. The van der Waals surface area contributed by atoms with E-state index in [0.29, 0.717) is 63.1 Å². The van der Waals surface area contributed by atoms with Crippen LogP contribution in [-0.2, 0) is 44.6 Å². The van der Waals surface area contributed by atoms with Crippen molar-refractivity contribution in [3.63, 3.8) is 0 Å². The number of fused-ring (bicyclic) bond motifs is 1. The van der Waals surface area contributed by atoms with Gasteiger partial charge < -0.3 is 39.2 Å². The second-order valence-electron chi connectivity index (χ2n) is 10.4. The van der Waals surface area contributed by atoms with E-state index in [1.165, 1.54) is 4.90 Å². The molecule has 3 aliphatic rings. The lowest BCUT2D eigenvalue weighted by molar-refractivity contribution is -0.137. The van der Waals surface area contributed by atoms with Crippen molar-refractivity contribution >= 4 is 29.3 Å². The van der Waals surface area contributed by atoms with E-state index in [0.717, 1.165) is 39.3 Å². The molecule has 4 amide bonds. The van der Waals surface area contributed by atoms with E-state index in [-0.39, 0.29) is 50.3 Å². The number of benzene rings is 1. The number of carbonyl (C=O) groups excluding carboxylic acids is 4. The van der Waals surface area contributed by atoms with E-state index in [1.54, 1.807) is 18.2 Å². The van der Waals surface area contributed by atoms with Crippen LogP contribution in [0.3, 0.4) is 0 Å². The summed E-state index contributed by atoms with van der Waals surface area (Å²) in [5.41, 5.74) is 1.55. The Bertz CT molecular complexity index is 1080. The average molecular weight is 606 g/mol. The van der Waals surface area contributed by atoms with Gasteiger partial charge in [0.15, 0.2) is 0 Å². The van der Waals surface area contributed by atoms with Crippen LogP contribution in [0, 0.1) is 0 Å². The molecule has 0 aromatic heterocycles. The number of hydrogen-bond acceptors (Lipinski definition) is 11. The van der Waals surface area contributed by atoms with Gasteiger partial charge in [-0.2, -0.15) is 0 Å². The van der Waals surface area contributed by atoms with Gasteiger partial charge in [-0.25, -0.2) is 0 Å². The summed E-state index contributed by atoms with van der Waals surface area (Å²) >= 11 is 0. The van der Waals surface area contributed by atoms with Crippen LogP contribution in [0.25, 0.3) is 0 Å². The molecule has 3 N–H and O–H groups in total. The fraction of sp³-hybridized carbons (Fsp3) is 0.655. The minimum atomic E-state index is -0.717. The molecule has 0 saturated carbocycles. The Morgan fingerprint density at radius 1 is 0.860 bits per heavy atom. The minimum Gasteiger partial charge on any atom is -0.378 e. The van der Waals surface area contributed by atoms with Crippen LogP contribution in [0.1, 0.15) is 28.8 Å². The van der Waals surface area contributed by atoms with Crippen LogP contribution in [-0.4, -0.2) is 138 Å². The SMILES string of the molecule is O=C1CCC(N2Cc3c(NC(=O)COCCOCCOCCOCCOCCN4CCNCC4)cccc3C2=O)C(=O)N1. The van der Waals surface area contributed by atoms with Crippen molar-refractivity contribution in [3.05, 3.63) is 29.3 Å². The second kappa shape index (κ2) is 18.0. The van der Waals surface area contributed by atoms with Gasteiger partial charge in [-0.3, -0.25) is 29.4 Å². The first-order valence-corrected chi connectivity index (χ1v) is 14.9.